The Balaban J connectivity index is 1.89. The molecule has 1 heterocycles. The van der Waals surface area contributed by atoms with Crippen molar-refractivity contribution < 1.29 is 9.26 Å². The molecule has 2 N–H and O–H groups in total. The van der Waals surface area contributed by atoms with Crippen molar-refractivity contribution >= 4 is 0 Å². The van der Waals surface area contributed by atoms with Crippen LogP contribution in [0.1, 0.15) is 63.6 Å². The van der Waals surface area contributed by atoms with E-state index in [1.807, 2.05) is 0 Å². The molecule has 0 radical (unpaired) electrons. The second kappa shape index (κ2) is 7.18. The number of nitrogens with two attached hydrogens (primary N) is 1. The minimum absolute atomic E-state index is 0.276. The molecule has 0 aromatic carbocycles. The Morgan fingerprint density at radius 3 is 2.70 bits per heavy atom. The maximum Gasteiger partial charge on any atom is 0.226 e. The van der Waals surface area contributed by atoms with E-state index in [1.54, 1.807) is 7.11 Å². The number of aryl methyl sites for hydroxylation is 1. The van der Waals surface area contributed by atoms with Crippen molar-refractivity contribution in [2.24, 2.45) is 11.7 Å². The van der Waals surface area contributed by atoms with Gasteiger partial charge in [-0.1, -0.05) is 24.9 Å². The van der Waals surface area contributed by atoms with Crippen molar-refractivity contribution in [3.63, 3.8) is 0 Å². The van der Waals surface area contributed by atoms with Crippen LogP contribution in [-0.2, 0) is 16.8 Å². The van der Waals surface area contributed by atoms with E-state index in [-0.39, 0.29) is 5.60 Å². The molecule has 1 aliphatic carbocycles. The lowest BCUT2D eigenvalue weighted by molar-refractivity contribution is -0.0858. The van der Waals surface area contributed by atoms with Crippen LogP contribution in [0.15, 0.2) is 4.52 Å². The molecular weight excluding hydrogens is 254 g/mol. The third kappa shape index (κ3) is 3.38. The summed E-state index contributed by atoms with van der Waals surface area (Å²) in [6.45, 7) is 2.97. The summed E-state index contributed by atoms with van der Waals surface area (Å²) in [4.78, 5) is 4.53. The molecule has 1 aromatic heterocycles. The minimum atomic E-state index is -0.276. The molecule has 1 aromatic rings. The molecule has 20 heavy (non-hydrogen) atoms. The van der Waals surface area contributed by atoms with Gasteiger partial charge in [0.2, 0.25) is 11.7 Å². The molecule has 1 atom stereocenters. The number of aromatic nitrogens is 2. The van der Waals surface area contributed by atoms with Gasteiger partial charge < -0.3 is 15.0 Å². The second-order valence-electron chi connectivity index (χ2n) is 5.83. The zero-order chi connectivity index (χ0) is 14.4. The fraction of sp³-hybridized carbons (Fsp3) is 0.867. The molecular formula is C15H27N3O2. The van der Waals surface area contributed by atoms with Crippen molar-refractivity contribution in [3.05, 3.63) is 11.7 Å². The summed E-state index contributed by atoms with van der Waals surface area (Å²) in [5, 5.41) is 4.12. The number of hydrogen-bond acceptors (Lipinski definition) is 5. The van der Waals surface area contributed by atoms with Crippen molar-refractivity contribution in [2.45, 2.75) is 63.9 Å². The van der Waals surface area contributed by atoms with Gasteiger partial charge in [-0.25, -0.2) is 0 Å². The van der Waals surface area contributed by atoms with Gasteiger partial charge in [-0.3, -0.25) is 0 Å². The van der Waals surface area contributed by atoms with E-state index in [4.69, 9.17) is 15.0 Å². The summed E-state index contributed by atoms with van der Waals surface area (Å²) < 4.78 is 11.0. The molecule has 2 rings (SSSR count). The van der Waals surface area contributed by atoms with Crippen LogP contribution in [0.4, 0.5) is 0 Å². The summed E-state index contributed by atoms with van der Waals surface area (Å²) in [7, 11) is 1.73. The van der Waals surface area contributed by atoms with E-state index in [0.29, 0.717) is 5.92 Å². The van der Waals surface area contributed by atoms with Gasteiger partial charge in [0.1, 0.15) is 5.60 Å². The molecule has 0 aliphatic heterocycles. The van der Waals surface area contributed by atoms with Gasteiger partial charge in [-0.15, -0.1) is 0 Å². The van der Waals surface area contributed by atoms with E-state index in [0.717, 1.165) is 50.4 Å². The van der Waals surface area contributed by atoms with Gasteiger partial charge in [0.25, 0.3) is 0 Å². The van der Waals surface area contributed by atoms with Crippen LogP contribution in [0, 0.1) is 5.92 Å². The normalized spacial score (nSPS) is 18.8. The molecule has 1 unspecified atom stereocenters. The van der Waals surface area contributed by atoms with Crippen LogP contribution in [0.3, 0.4) is 0 Å². The van der Waals surface area contributed by atoms with Crippen molar-refractivity contribution in [1.82, 2.24) is 10.1 Å². The summed E-state index contributed by atoms with van der Waals surface area (Å²) >= 11 is 0. The lowest BCUT2D eigenvalue weighted by Crippen LogP contribution is -2.37. The standard InChI is InChI=1S/C15H27N3O2/c1-3-5-12(8-11-16)6-7-13-17-14(18-20-13)15(19-2)9-4-10-15/h12H,3-11,16H2,1-2H3. The summed E-state index contributed by atoms with van der Waals surface area (Å²) in [5.41, 5.74) is 5.39. The first kappa shape index (κ1) is 15.4. The van der Waals surface area contributed by atoms with E-state index < -0.39 is 0 Å². The van der Waals surface area contributed by atoms with Crippen molar-refractivity contribution in [2.75, 3.05) is 13.7 Å². The van der Waals surface area contributed by atoms with Gasteiger partial charge in [-0.05, 0) is 44.6 Å². The Morgan fingerprint density at radius 1 is 1.35 bits per heavy atom. The molecule has 5 nitrogen and oxygen atoms in total. The number of nitrogens with zero attached hydrogens (tertiary/aromatic N) is 2. The molecule has 114 valence electrons. The Labute approximate surface area is 121 Å². The van der Waals surface area contributed by atoms with Gasteiger partial charge >= 0.3 is 0 Å². The van der Waals surface area contributed by atoms with Crippen LogP contribution < -0.4 is 5.73 Å². The highest BCUT2D eigenvalue weighted by Gasteiger charge is 2.43. The van der Waals surface area contributed by atoms with E-state index in [2.05, 4.69) is 17.1 Å². The van der Waals surface area contributed by atoms with Crippen molar-refractivity contribution in [3.8, 4) is 0 Å². The molecule has 0 bridgehead atoms. The zero-order valence-electron chi connectivity index (χ0n) is 12.7. The first-order chi connectivity index (χ1) is 9.74. The Morgan fingerprint density at radius 2 is 2.15 bits per heavy atom. The highest BCUT2D eigenvalue weighted by atomic mass is 16.5. The molecule has 1 fully saturated rings. The summed E-state index contributed by atoms with van der Waals surface area (Å²) in [6, 6.07) is 0. The fourth-order valence-corrected chi connectivity index (χ4v) is 2.96. The predicted octanol–water partition coefficient (Wildman–Crippen LogP) is 2.79. The monoisotopic (exact) mass is 281 g/mol. The quantitative estimate of drug-likeness (QED) is 0.753. The molecule has 0 saturated heterocycles. The molecule has 1 aliphatic rings. The lowest BCUT2D eigenvalue weighted by atomic mass is 9.79. The van der Waals surface area contributed by atoms with Crippen molar-refractivity contribution in [1.29, 1.82) is 0 Å². The van der Waals surface area contributed by atoms with Gasteiger partial charge in [0.05, 0.1) is 0 Å². The predicted molar refractivity (Wildman–Crippen MR) is 77.2 cm³/mol. The molecule has 0 spiro atoms. The van der Waals surface area contributed by atoms with E-state index >= 15 is 0 Å². The number of rotatable bonds is 9. The third-order valence-electron chi connectivity index (χ3n) is 4.47. The summed E-state index contributed by atoms with van der Waals surface area (Å²) in [6.07, 6.45) is 8.59. The minimum Gasteiger partial charge on any atom is -0.370 e. The number of methoxy groups -OCH3 is 1. The number of ether oxygens (including phenoxy) is 1. The molecule has 0 amide bonds. The first-order valence-electron chi connectivity index (χ1n) is 7.82. The largest absolute Gasteiger partial charge is 0.370 e. The van der Waals surface area contributed by atoms with E-state index in [9.17, 15) is 0 Å². The fourth-order valence-electron chi connectivity index (χ4n) is 2.96. The molecule has 1 saturated carbocycles. The average Bonchev–Trinajstić information content (AvgIpc) is 2.85. The van der Waals surface area contributed by atoms with Crippen LogP contribution >= 0.6 is 0 Å². The SMILES string of the molecule is CCCC(CCN)CCc1nc(C2(OC)CCC2)no1. The zero-order valence-corrected chi connectivity index (χ0v) is 12.7. The average molecular weight is 281 g/mol. The first-order valence-corrected chi connectivity index (χ1v) is 7.82. The highest BCUT2D eigenvalue weighted by molar-refractivity contribution is 5.06. The maximum atomic E-state index is 5.67. The smallest absolute Gasteiger partial charge is 0.226 e. The third-order valence-corrected chi connectivity index (χ3v) is 4.47. The Kier molecular flexibility index (Phi) is 5.54. The molecule has 5 heteroatoms. The maximum absolute atomic E-state index is 5.67. The van der Waals surface area contributed by atoms with Gasteiger partial charge in [0.15, 0.2) is 0 Å². The lowest BCUT2D eigenvalue weighted by Gasteiger charge is -2.37. The topological polar surface area (TPSA) is 74.2 Å². The van der Waals surface area contributed by atoms with E-state index in [1.165, 1.54) is 19.3 Å². The summed E-state index contributed by atoms with van der Waals surface area (Å²) in [5.74, 6) is 2.13. The highest BCUT2D eigenvalue weighted by Crippen LogP contribution is 2.42. The van der Waals surface area contributed by atoms with Gasteiger partial charge in [-0.2, -0.15) is 4.98 Å². The number of hydrogen-bond donors (Lipinski definition) is 1. The Bertz CT molecular complexity index is 390. The van der Waals surface area contributed by atoms with Gasteiger partial charge in [0, 0.05) is 13.5 Å². The van der Waals surface area contributed by atoms with Crippen LogP contribution in [0.5, 0.6) is 0 Å². The van der Waals surface area contributed by atoms with Crippen LogP contribution in [0.25, 0.3) is 0 Å². The second-order valence-corrected chi connectivity index (χ2v) is 5.83. The van der Waals surface area contributed by atoms with Crippen LogP contribution in [-0.4, -0.2) is 23.8 Å². The van der Waals surface area contributed by atoms with Crippen LogP contribution in [0.2, 0.25) is 0 Å². The Hall–Kier alpha value is -0.940.